The summed E-state index contributed by atoms with van der Waals surface area (Å²) in [5.74, 6) is -3.49. The van der Waals surface area contributed by atoms with E-state index in [0.717, 1.165) is 12.1 Å². The third-order valence-electron chi connectivity index (χ3n) is 4.94. The van der Waals surface area contributed by atoms with E-state index >= 15 is 0 Å². The van der Waals surface area contributed by atoms with Crippen LogP contribution in [-0.4, -0.2) is 49.7 Å². The number of esters is 2. The van der Waals surface area contributed by atoms with Crippen LogP contribution in [0, 0.1) is 11.3 Å². The quantitative estimate of drug-likeness (QED) is 0.260. The fourth-order valence-electron chi connectivity index (χ4n) is 3.16. The van der Waals surface area contributed by atoms with Crippen molar-refractivity contribution in [3.05, 3.63) is 42.0 Å². The first-order valence-corrected chi connectivity index (χ1v) is 11.4. The summed E-state index contributed by atoms with van der Waals surface area (Å²) in [7, 11) is -4.42. The zero-order valence-electron chi connectivity index (χ0n) is 18.5. The zero-order chi connectivity index (χ0) is 24.3. The molecule has 2 amide bonds. The molecule has 1 aromatic carbocycles. The van der Waals surface area contributed by atoms with E-state index in [0.29, 0.717) is 10.7 Å². The SMILES string of the molecule is C=C(C)C(=O)OCCOC(=O)c1ccc(S(=O)(=O)N2C(=O)CCC(C(C)(C)C)C2=O)cc1. The molecule has 1 aliphatic rings. The molecule has 0 aliphatic carbocycles. The maximum Gasteiger partial charge on any atom is 0.338 e. The molecule has 1 unspecified atom stereocenters. The Morgan fingerprint density at radius 2 is 1.66 bits per heavy atom. The Kier molecular flexibility index (Phi) is 7.61. The lowest BCUT2D eigenvalue weighted by Crippen LogP contribution is -2.51. The molecule has 0 spiro atoms. The summed E-state index contributed by atoms with van der Waals surface area (Å²) in [5.41, 5.74) is -0.232. The summed E-state index contributed by atoms with van der Waals surface area (Å²) in [5, 5.41) is 0. The number of carbonyl (C=O) groups is 4. The summed E-state index contributed by atoms with van der Waals surface area (Å²) in [4.78, 5) is 48.2. The smallest absolute Gasteiger partial charge is 0.338 e. The molecule has 1 fully saturated rings. The summed E-state index contributed by atoms with van der Waals surface area (Å²) < 4.78 is 36.1. The van der Waals surface area contributed by atoms with Crippen molar-refractivity contribution in [1.82, 2.24) is 4.31 Å². The van der Waals surface area contributed by atoms with Gasteiger partial charge in [-0.1, -0.05) is 27.4 Å². The van der Waals surface area contributed by atoms with E-state index in [9.17, 15) is 27.6 Å². The predicted molar refractivity (Wildman–Crippen MR) is 114 cm³/mol. The first-order valence-electron chi connectivity index (χ1n) is 9.98. The molecule has 0 bridgehead atoms. The minimum atomic E-state index is -4.42. The van der Waals surface area contributed by atoms with E-state index in [1.54, 1.807) is 0 Å². The second kappa shape index (κ2) is 9.64. The van der Waals surface area contributed by atoms with Crippen LogP contribution in [0.3, 0.4) is 0 Å². The van der Waals surface area contributed by atoms with Gasteiger partial charge in [0.05, 0.1) is 10.5 Å². The van der Waals surface area contributed by atoms with Crippen molar-refractivity contribution >= 4 is 33.8 Å². The molecule has 1 saturated heterocycles. The number of carbonyl (C=O) groups excluding carboxylic acids is 4. The zero-order valence-corrected chi connectivity index (χ0v) is 19.4. The molecule has 1 heterocycles. The van der Waals surface area contributed by atoms with Crippen LogP contribution in [0.5, 0.6) is 0 Å². The molecule has 0 aromatic heterocycles. The molecule has 32 heavy (non-hydrogen) atoms. The predicted octanol–water partition coefficient (Wildman–Crippen LogP) is 2.46. The molecular weight excluding hydrogens is 438 g/mol. The number of rotatable bonds is 7. The molecule has 9 nitrogen and oxygen atoms in total. The highest BCUT2D eigenvalue weighted by Gasteiger charge is 2.46. The lowest BCUT2D eigenvalue weighted by atomic mass is 9.76. The van der Waals surface area contributed by atoms with E-state index in [4.69, 9.17) is 9.47 Å². The number of nitrogens with zero attached hydrogens (tertiary/aromatic N) is 1. The second-order valence-corrected chi connectivity index (χ2v) is 10.3. The van der Waals surface area contributed by atoms with Gasteiger partial charge < -0.3 is 9.47 Å². The molecular formula is C22H27NO8S. The van der Waals surface area contributed by atoms with E-state index in [2.05, 4.69) is 6.58 Å². The van der Waals surface area contributed by atoms with E-state index in [1.807, 2.05) is 20.8 Å². The first-order chi connectivity index (χ1) is 14.8. The van der Waals surface area contributed by atoms with Crippen molar-refractivity contribution in [1.29, 1.82) is 0 Å². The number of piperidine rings is 1. The van der Waals surface area contributed by atoms with Gasteiger partial charge in [-0.2, -0.15) is 4.31 Å². The van der Waals surface area contributed by atoms with Gasteiger partial charge in [0.25, 0.3) is 10.0 Å². The number of amides is 2. The highest BCUT2D eigenvalue weighted by Crippen LogP contribution is 2.36. The van der Waals surface area contributed by atoms with Crippen molar-refractivity contribution in [3.8, 4) is 0 Å². The topological polar surface area (TPSA) is 124 Å². The standard InChI is InChI=1S/C22H27NO8S/c1-14(2)20(26)30-12-13-31-21(27)15-6-8-16(9-7-15)32(28,29)23-18(24)11-10-17(19(23)25)22(3,4)5/h6-9,17H,1,10-13H2,2-5H3. The molecule has 1 atom stereocenters. The van der Waals surface area contributed by atoms with Gasteiger partial charge in [0, 0.05) is 17.9 Å². The molecule has 1 aromatic rings. The van der Waals surface area contributed by atoms with Crippen LogP contribution in [0.4, 0.5) is 0 Å². The molecule has 2 rings (SSSR count). The van der Waals surface area contributed by atoms with Gasteiger partial charge in [-0.25, -0.2) is 18.0 Å². The average Bonchev–Trinajstić information content (AvgIpc) is 2.69. The maximum absolute atomic E-state index is 13.0. The third-order valence-corrected chi connectivity index (χ3v) is 6.68. The molecule has 0 saturated carbocycles. The minimum Gasteiger partial charge on any atom is -0.459 e. The summed E-state index contributed by atoms with van der Waals surface area (Å²) in [6.45, 7) is 10.0. The van der Waals surface area contributed by atoms with E-state index in [-0.39, 0.29) is 35.7 Å². The van der Waals surface area contributed by atoms with Crippen LogP contribution >= 0.6 is 0 Å². The Hall–Kier alpha value is -3.01. The molecule has 174 valence electrons. The van der Waals surface area contributed by atoms with E-state index in [1.165, 1.54) is 19.1 Å². The van der Waals surface area contributed by atoms with Gasteiger partial charge in [0.1, 0.15) is 13.2 Å². The van der Waals surface area contributed by atoms with E-state index < -0.39 is 45.1 Å². The maximum atomic E-state index is 13.0. The second-order valence-electron chi connectivity index (χ2n) is 8.54. The van der Waals surface area contributed by atoms with Crippen molar-refractivity contribution < 1.29 is 37.1 Å². The van der Waals surface area contributed by atoms with Crippen molar-refractivity contribution in [2.24, 2.45) is 11.3 Å². The average molecular weight is 466 g/mol. The lowest BCUT2D eigenvalue weighted by molar-refractivity contribution is -0.148. The van der Waals surface area contributed by atoms with Gasteiger partial charge >= 0.3 is 11.9 Å². The van der Waals surface area contributed by atoms with Crippen molar-refractivity contribution in [2.45, 2.75) is 45.4 Å². The highest BCUT2D eigenvalue weighted by atomic mass is 32.2. The number of ether oxygens (including phenoxy) is 2. The van der Waals surface area contributed by atoms with Crippen LogP contribution in [0.1, 0.15) is 50.9 Å². The number of hydrogen-bond donors (Lipinski definition) is 0. The monoisotopic (exact) mass is 465 g/mol. The van der Waals surface area contributed by atoms with Crippen LogP contribution in [-0.2, 0) is 33.9 Å². The number of sulfonamides is 1. The normalized spacial score (nSPS) is 17.1. The van der Waals surface area contributed by atoms with Crippen molar-refractivity contribution in [3.63, 3.8) is 0 Å². The molecule has 10 heteroatoms. The first kappa shape index (κ1) is 25.3. The minimum absolute atomic E-state index is 0.0483. The van der Waals surface area contributed by atoms with Gasteiger partial charge in [-0.05, 0) is 43.0 Å². The summed E-state index contributed by atoms with van der Waals surface area (Å²) in [6.07, 6.45) is 0.243. The fourth-order valence-corrected chi connectivity index (χ4v) is 4.57. The van der Waals surface area contributed by atoms with Crippen LogP contribution in [0.15, 0.2) is 41.3 Å². The Labute approximate surface area is 187 Å². The van der Waals surface area contributed by atoms with Gasteiger partial charge in [0.15, 0.2) is 0 Å². The number of benzene rings is 1. The van der Waals surface area contributed by atoms with Crippen molar-refractivity contribution in [2.75, 3.05) is 13.2 Å². The Bertz CT molecular complexity index is 1030. The van der Waals surface area contributed by atoms with Gasteiger partial charge in [0.2, 0.25) is 11.8 Å². The summed E-state index contributed by atoms with van der Waals surface area (Å²) in [6, 6.07) is 4.70. The third kappa shape index (κ3) is 5.61. The van der Waals surface area contributed by atoms with Crippen LogP contribution in [0.25, 0.3) is 0 Å². The van der Waals surface area contributed by atoms with Gasteiger partial charge in [-0.3, -0.25) is 9.59 Å². The lowest BCUT2D eigenvalue weighted by Gasteiger charge is -2.36. The molecule has 0 radical (unpaired) electrons. The Morgan fingerprint density at radius 1 is 1.09 bits per heavy atom. The number of imide groups is 1. The fraction of sp³-hybridized carbons (Fsp3) is 0.455. The Morgan fingerprint density at radius 3 is 2.19 bits per heavy atom. The highest BCUT2D eigenvalue weighted by molar-refractivity contribution is 7.90. The largest absolute Gasteiger partial charge is 0.459 e. The van der Waals surface area contributed by atoms with Gasteiger partial charge in [-0.15, -0.1) is 0 Å². The summed E-state index contributed by atoms with van der Waals surface area (Å²) >= 11 is 0. The Balaban J connectivity index is 2.11. The molecule has 0 N–H and O–H groups in total. The number of hydrogen-bond acceptors (Lipinski definition) is 8. The van der Waals surface area contributed by atoms with Crippen LogP contribution in [0.2, 0.25) is 0 Å². The molecule has 1 aliphatic heterocycles. The van der Waals surface area contributed by atoms with Crippen LogP contribution < -0.4 is 0 Å².